The van der Waals surface area contributed by atoms with Crippen molar-refractivity contribution in [2.45, 2.75) is 30.8 Å². The summed E-state index contributed by atoms with van der Waals surface area (Å²) in [6.07, 6.45) is -6.96. The molecule has 1 fully saturated rings. The standard InChI is InChI=1S/C7H11F4NO/c8-5(3-12)6(13,4-1-2-4)7(9,10)11/h4-5,13H,1-3,12H2/t5-,6+/m1/s1. The van der Waals surface area contributed by atoms with Crippen LogP contribution in [0.5, 0.6) is 0 Å². The van der Waals surface area contributed by atoms with Gasteiger partial charge in [0.15, 0.2) is 11.8 Å². The molecule has 1 aliphatic carbocycles. The fourth-order valence-electron chi connectivity index (χ4n) is 1.37. The minimum atomic E-state index is -4.94. The Kier molecular flexibility index (Phi) is 2.55. The van der Waals surface area contributed by atoms with Gasteiger partial charge in [0, 0.05) is 6.54 Å². The molecule has 0 aromatic rings. The third-order valence-corrected chi connectivity index (χ3v) is 2.34. The van der Waals surface area contributed by atoms with Gasteiger partial charge in [-0.1, -0.05) is 0 Å². The third-order valence-electron chi connectivity index (χ3n) is 2.34. The Morgan fingerprint density at radius 3 is 2.08 bits per heavy atom. The molecule has 0 heterocycles. The summed E-state index contributed by atoms with van der Waals surface area (Å²) in [6.45, 7) is -0.813. The Morgan fingerprint density at radius 2 is 1.85 bits per heavy atom. The van der Waals surface area contributed by atoms with Crippen molar-refractivity contribution in [3.63, 3.8) is 0 Å². The Labute approximate surface area is 72.7 Å². The van der Waals surface area contributed by atoms with Crippen LogP contribution in [0.1, 0.15) is 12.8 Å². The lowest BCUT2D eigenvalue weighted by molar-refractivity contribution is -0.288. The highest BCUT2D eigenvalue weighted by molar-refractivity contribution is 5.04. The van der Waals surface area contributed by atoms with E-state index in [-0.39, 0.29) is 12.8 Å². The smallest absolute Gasteiger partial charge is 0.378 e. The van der Waals surface area contributed by atoms with Crippen LogP contribution in [0.2, 0.25) is 0 Å². The molecule has 78 valence electrons. The zero-order valence-electron chi connectivity index (χ0n) is 6.81. The Morgan fingerprint density at radius 1 is 1.38 bits per heavy atom. The zero-order chi connectivity index (χ0) is 10.3. The van der Waals surface area contributed by atoms with E-state index in [4.69, 9.17) is 5.73 Å². The molecule has 1 aliphatic rings. The maximum atomic E-state index is 12.9. The molecule has 0 amide bonds. The predicted octanol–water partition coefficient (Wildman–Crippen LogP) is 0.987. The van der Waals surface area contributed by atoms with E-state index in [2.05, 4.69) is 0 Å². The van der Waals surface area contributed by atoms with E-state index in [1.807, 2.05) is 0 Å². The Bertz CT molecular complexity index is 191. The third kappa shape index (κ3) is 1.65. The molecule has 13 heavy (non-hydrogen) atoms. The van der Waals surface area contributed by atoms with Crippen LogP contribution in [0.4, 0.5) is 17.6 Å². The first-order valence-electron chi connectivity index (χ1n) is 3.97. The van der Waals surface area contributed by atoms with E-state index in [0.29, 0.717) is 0 Å². The topological polar surface area (TPSA) is 46.2 Å². The lowest BCUT2D eigenvalue weighted by atomic mass is 9.91. The number of aliphatic hydroxyl groups is 1. The second-order valence-electron chi connectivity index (χ2n) is 3.30. The Balaban J connectivity index is 2.86. The normalized spacial score (nSPS) is 25.4. The van der Waals surface area contributed by atoms with Gasteiger partial charge in [-0.2, -0.15) is 13.2 Å². The highest BCUT2D eigenvalue weighted by atomic mass is 19.4. The number of hydrogen-bond acceptors (Lipinski definition) is 2. The predicted molar refractivity (Wildman–Crippen MR) is 37.7 cm³/mol. The molecule has 0 unspecified atom stereocenters. The van der Waals surface area contributed by atoms with Gasteiger partial charge in [0.05, 0.1) is 0 Å². The summed E-state index contributed by atoms with van der Waals surface area (Å²) in [5.74, 6) is -1.02. The summed E-state index contributed by atoms with van der Waals surface area (Å²) < 4.78 is 49.7. The zero-order valence-corrected chi connectivity index (χ0v) is 6.81. The summed E-state index contributed by atoms with van der Waals surface area (Å²) in [7, 11) is 0. The van der Waals surface area contributed by atoms with Crippen LogP contribution in [-0.4, -0.2) is 29.6 Å². The highest BCUT2D eigenvalue weighted by Gasteiger charge is 2.65. The fourth-order valence-corrected chi connectivity index (χ4v) is 1.37. The largest absolute Gasteiger partial charge is 0.420 e. The van der Waals surface area contributed by atoms with Crippen molar-refractivity contribution in [1.29, 1.82) is 0 Å². The summed E-state index contributed by atoms with van der Waals surface area (Å²) >= 11 is 0. The van der Waals surface area contributed by atoms with Crippen molar-refractivity contribution in [3.8, 4) is 0 Å². The van der Waals surface area contributed by atoms with Crippen molar-refractivity contribution in [3.05, 3.63) is 0 Å². The molecule has 2 atom stereocenters. The number of halogens is 4. The van der Waals surface area contributed by atoms with Crippen LogP contribution in [0.15, 0.2) is 0 Å². The van der Waals surface area contributed by atoms with Crippen LogP contribution in [0.3, 0.4) is 0 Å². The molecule has 1 saturated carbocycles. The van der Waals surface area contributed by atoms with E-state index in [9.17, 15) is 22.7 Å². The quantitative estimate of drug-likeness (QED) is 0.669. The van der Waals surface area contributed by atoms with Gasteiger partial charge < -0.3 is 10.8 Å². The summed E-state index contributed by atoms with van der Waals surface area (Å²) in [5.41, 5.74) is 1.55. The average molecular weight is 201 g/mol. The van der Waals surface area contributed by atoms with Crippen molar-refractivity contribution in [2.75, 3.05) is 6.54 Å². The fraction of sp³-hybridized carbons (Fsp3) is 1.00. The van der Waals surface area contributed by atoms with E-state index in [1.165, 1.54) is 0 Å². The molecular weight excluding hydrogens is 190 g/mol. The second kappa shape index (κ2) is 3.09. The van der Waals surface area contributed by atoms with Gasteiger partial charge in [0.25, 0.3) is 0 Å². The number of hydrogen-bond donors (Lipinski definition) is 2. The van der Waals surface area contributed by atoms with Crippen molar-refractivity contribution < 1.29 is 22.7 Å². The second-order valence-corrected chi connectivity index (χ2v) is 3.30. The molecular formula is C7H11F4NO. The van der Waals surface area contributed by atoms with Gasteiger partial charge in [-0.05, 0) is 18.8 Å². The van der Waals surface area contributed by atoms with E-state index in [1.54, 1.807) is 0 Å². The lowest BCUT2D eigenvalue weighted by Crippen LogP contribution is -2.57. The minimum absolute atomic E-state index is 0.205. The molecule has 2 nitrogen and oxygen atoms in total. The number of nitrogens with two attached hydrogens (primary N) is 1. The Hall–Kier alpha value is -0.360. The first-order chi connectivity index (χ1) is 5.84. The van der Waals surface area contributed by atoms with Gasteiger partial charge in [-0.15, -0.1) is 0 Å². The minimum Gasteiger partial charge on any atom is -0.378 e. The maximum Gasteiger partial charge on any atom is 0.420 e. The van der Waals surface area contributed by atoms with Gasteiger partial charge in [0.2, 0.25) is 0 Å². The van der Waals surface area contributed by atoms with Crippen LogP contribution < -0.4 is 5.73 Å². The van der Waals surface area contributed by atoms with Crippen LogP contribution >= 0.6 is 0 Å². The molecule has 0 radical (unpaired) electrons. The first kappa shape index (κ1) is 10.7. The van der Waals surface area contributed by atoms with Crippen LogP contribution in [0, 0.1) is 5.92 Å². The molecule has 1 rings (SSSR count). The average Bonchev–Trinajstić information content (AvgIpc) is 2.81. The molecule has 0 saturated heterocycles. The van der Waals surface area contributed by atoms with E-state index >= 15 is 0 Å². The number of rotatable bonds is 3. The molecule has 0 bridgehead atoms. The van der Waals surface area contributed by atoms with Crippen molar-refractivity contribution in [1.82, 2.24) is 0 Å². The van der Waals surface area contributed by atoms with Gasteiger partial charge in [0.1, 0.15) is 0 Å². The molecule has 3 N–H and O–H groups in total. The SMILES string of the molecule is NC[C@@H](F)[C@@](O)(C1CC1)C(F)(F)F. The van der Waals surface area contributed by atoms with Crippen LogP contribution in [0.25, 0.3) is 0 Å². The summed E-state index contributed by atoms with van der Waals surface area (Å²) in [4.78, 5) is 0. The van der Waals surface area contributed by atoms with E-state index < -0.39 is 30.4 Å². The monoisotopic (exact) mass is 201 g/mol. The summed E-state index contributed by atoms with van der Waals surface area (Å²) in [5, 5.41) is 9.18. The lowest BCUT2D eigenvalue weighted by Gasteiger charge is -2.32. The highest BCUT2D eigenvalue weighted by Crippen LogP contribution is 2.50. The molecule has 0 spiro atoms. The molecule has 0 aromatic heterocycles. The van der Waals surface area contributed by atoms with Gasteiger partial charge in [-0.3, -0.25) is 0 Å². The summed E-state index contributed by atoms with van der Waals surface area (Å²) in [6, 6.07) is 0. The first-order valence-corrected chi connectivity index (χ1v) is 3.97. The van der Waals surface area contributed by atoms with Gasteiger partial charge in [-0.25, -0.2) is 4.39 Å². The maximum absolute atomic E-state index is 12.9. The van der Waals surface area contributed by atoms with E-state index in [0.717, 1.165) is 0 Å². The molecule has 0 aromatic carbocycles. The van der Waals surface area contributed by atoms with Crippen LogP contribution in [-0.2, 0) is 0 Å². The van der Waals surface area contributed by atoms with Gasteiger partial charge >= 0.3 is 6.18 Å². The van der Waals surface area contributed by atoms with Crippen molar-refractivity contribution >= 4 is 0 Å². The number of alkyl halides is 4. The molecule has 6 heteroatoms. The molecule has 0 aliphatic heterocycles. The van der Waals surface area contributed by atoms with Crippen molar-refractivity contribution in [2.24, 2.45) is 11.7 Å².